The van der Waals surface area contributed by atoms with Crippen LogP contribution in [0.3, 0.4) is 0 Å². The number of carbonyl (C=O) groups is 1. The van der Waals surface area contributed by atoms with Gasteiger partial charge in [0.15, 0.2) is 0 Å². The maximum atomic E-state index is 12.2. The van der Waals surface area contributed by atoms with Crippen LogP contribution in [0.2, 0.25) is 0 Å². The first-order valence-corrected chi connectivity index (χ1v) is 6.07. The average Bonchev–Trinajstić information content (AvgIpc) is 2.28. The molecule has 1 fully saturated rings. The van der Waals surface area contributed by atoms with Crippen molar-refractivity contribution in [3.63, 3.8) is 0 Å². The van der Waals surface area contributed by atoms with Crippen LogP contribution in [-0.2, 0) is 0 Å². The second-order valence-electron chi connectivity index (χ2n) is 4.92. The summed E-state index contributed by atoms with van der Waals surface area (Å²) in [6.45, 7) is 5.07. The number of aromatic nitrogens is 1. The number of nitrogens with one attached hydrogen (secondary N) is 1. The summed E-state index contributed by atoms with van der Waals surface area (Å²) in [5, 5.41) is 0. The number of carbonyl (C=O) groups excluding carboxylic acids is 1. The lowest BCUT2D eigenvalue weighted by Gasteiger charge is -2.36. The molecule has 1 N–H and O–H groups in total. The van der Waals surface area contributed by atoms with Gasteiger partial charge in [-0.05, 0) is 31.7 Å². The summed E-state index contributed by atoms with van der Waals surface area (Å²) in [5.74, 6) is 0.642. The summed E-state index contributed by atoms with van der Waals surface area (Å²) in [5.41, 5.74) is 0.254. The normalized spacial score (nSPS) is 24.7. The van der Waals surface area contributed by atoms with E-state index in [1.54, 1.807) is 6.07 Å². The van der Waals surface area contributed by atoms with Crippen molar-refractivity contribution in [1.82, 2.24) is 9.88 Å². The number of rotatable bonds is 1. The Hall–Kier alpha value is -1.58. The molecular weight excluding hydrogens is 216 g/mol. The van der Waals surface area contributed by atoms with Crippen molar-refractivity contribution < 1.29 is 4.79 Å². The molecule has 0 spiro atoms. The van der Waals surface area contributed by atoms with Gasteiger partial charge in [0.1, 0.15) is 0 Å². The minimum Gasteiger partial charge on any atom is -0.336 e. The molecule has 0 radical (unpaired) electrons. The lowest BCUT2D eigenvalue weighted by atomic mass is 9.93. The maximum absolute atomic E-state index is 12.2. The van der Waals surface area contributed by atoms with Gasteiger partial charge in [-0.25, -0.2) is 0 Å². The molecule has 0 saturated carbocycles. The predicted molar refractivity (Wildman–Crippen MR) is 66.0 cm³/mol. The van der Waals surface area contributed by atoms with Crippen LogP contribution in [0, 0.1) is 5.92 Å². The number of amides is 1. The van der Waals surface area contributed by atoms with E-state index < -0.39 is 0 Å². The smallest absolute Gasteiger partial charge is 0.254 e. The van der Waals surface area contributed by atoms with Gasteiger partial charge in [0.05, 0.1) is 0 Å². The zero-order valence-corrected chi connectivity index (χ0v) is 10.3. The average molecular weight is 234 g/mol. The van der Waals surface area contributed by atoms with Crippen LogP contribution < -0.4 is 5.56 Å². The number of hydrogen-bond acceptors (Lipinski definition) is 2. The zero-order chi connectivity index (χ0) is 12.4. The lowest BCUT2D eigenvalue weighted by molar-refractivity contribution is 0.0588. The van der Waals surface area contributed by atoms with Crippen LogP contribution in [-0.4, -0.2) is 28.4 Å². The fourth-order valence-corrected chi connectivity index (χ4v) is 2.45. The Morgan fingerprint density at radius 1 is 1.47 bits per heavy atom. The second kappa shape index (κ2) is 4.73. The van der Waals surface area contributed by atoms with Crippen molar-refractivity contribution in [2.45, 2.75) is 32.7 Å². The molecule has 1 aromatic heterocycles. The van der Waals surface area contributed by atoms with Crippen molar-refractivity contribution in [2.24, 2.45) is 5.92 Å². The fraction of sp³-hybridized carbons (Fsp3) is 0.538. The molecule has 2 rings (SSSR count). The third kappa shape index (κ3) is 2.57. The van der Waals surface area contributed by atoms with Gasteiger partial charge in [-0.2, -0.15) is 0 Å². The number of hydrogen-bond donors (Lipinski definition) is 1. The number of H-pyrrole nitrogens is 1. The minimum atomic E-state index is -0.228. The van der Waals surface area contributed by atoms with Crippen LogP contribution in [0.5, 0.6) is 0 Å². The van der Waals surface area contributed by atoms with Crippen LogP contribution >= 0.6 is 0 Å². The quantitative estimate of drug-likeness (QED) is 0.803. The Labute approximate surface area is 101 Å². The molecule has 4 nitrogen and oxygen atoms in total. The van der Waals surface area contributed by atoms with Gasteiger partial charge in [-0.15, -0.1) is 0 Å². The number of nitrogens with zero attached hydrogens (tertiary/aromatic N) is 1. The predicted octanol–water partition coefficient (Wildman–Crippen LogP) is 1.64. The Morgan fingerprint density at radius 2 is 2.24 bits per heavy atom. The number of piperidine rings is 1. The molecule has 0 aromatic carbocycles. The van der Waals surface area contributed by atoms with E-state index in [2.05, 4.69) is 18.8 Å². The standard InChI is InChI=1S/C13H18N2O2/c1-9-4-6-15(10(2)7-9)13(17)11-3-5-14-12(16)8-11/h3,5,8-10H,4,6-7H2,1-2H3,(H,14,16). The monoisotopic (exact) mass is 234 g/mol. The second-order valence-corrected chi connectivity index (χ2v) is 4.92. The highest BCUT2D eigenvalue weighted by molar-refractivity contribution is 5.94. The fourth-order valence-electron chi connectivity index (χ4n) is 2.45. The summed E-state index contributed by atoms with van der Waals surface area (Å²) in [6, 6.07) is 3.28. The zero-order valence-electron chi connectivity index (χ0n) is 10.3. The molecule has 17 heavy (non-hydrogen) atoms. The van der Waals surface area contributed by atoms with Gasteiger partial charge < -0.3 is 9.88 Å². The van der Waals surface area contributed by atoms with Gasteiger partial charge in [-0.1, -0.05) is 6.92 Å². The van der Waals surface area contributed by atoms with Crippen LogP contribution in [0.1, 0.15) is 37.0 Å². The summed E-state index contributed by atoms with van der Waals surface area (Å²) < 4.78 is 0. The molecule has 0 aliphatic carbocycles. The molecular formula is C13H18N2O2. The van der Waals surface area contributed by atoms with E-state index in [1.165, 1.54) is 12.3 Å². The molecule has 4 heteroatoms. The topological polar surface area (TPSA) is 53.2 Å². The Bertz CT molecular complexity index is 466. The molecule has 0 bridgehead atoms. The van der Waals surface area contributed by atoms with Gasteiger partial charge in [0, 0.05) is 30.4 Å². The van der Waals surface area contributed by atoms with Crippen LogP contribution in [0.25, 0.3) is 0 Å². The van der Waals surface area contributed by atoms with Crippen molar-refractivity contribution >= 4 is 5.91 Å². The molecule has 2 heterocycles. The maximum Gasteiger partial charge on any atom is 0.254 e. The first-order chi connectivity index (χ1) is 8.08. The van der Waals surface area contributed by atoms with E-state index in [0.717, 1.165) is 19.4 Å². The van der Waals surface area contributed by atoms with Crippen molar-refractivity contribution in [3.8, 4) is 0 Å². The highest BCUT2D eigenvalue weighted by Gasteiger charge is 2.27. The van der Waals surface area contributed by atoms with Crippen molar-refractivity contribution in [1.29, 1.82) is 0 Å². The van der Waals surface area contributed by atoms with Gasteiger partial charge in [0.2, 0.25) is 5.56 Å². The first kappa shape index (κ1) is 11.9. The third-order valence-corrected chi connectivity index (χ3v) is 3.42. The van der Waals surface area contributed by atoms with Crippen molar-refractivity contribution in [2.75, 3.05) is 6.54 Å². The van der Waals surface area contributed by atoms with Gasteiger partial charge in [-0.3, -0.25) is 9.59 Å². The SMILES string of the molecule is CC1CCN(C(=O)c2cc[nH]c(=O)c2)C(C)C1. The molecule has 1 aliphatic rings. The highest BCUT2D eigenvalue weighted by Crippen LogP contribution is 2.23. The van der Waals surface area contributed by atoms with E-state index in [9.17, 15) is 9.59 Å². The van der Waals surface area contributed by atoms with Crippen LogP contribution in [0.15, 0.2) is 23.1 Å². The van der Waals surface area contributed by atoms with E-state index in [1.807, 2.05) is 4.90 Å². The lowest BCUT2D eigenvalue weighted by Crippen LogP contribution is -2.44. The van der Waals surface area contributed by atoms with Gasteiger partial charge in [0.25, 0.3) is 5.91 Å². The summed E-state index contributed by atoms with van der Waals surface area (Å²) in [7, 11) is 0. The van der Waals surface area contributed by atoms with E-state index in [0.29, 0.717) is 11.5 Å². The largest absolute Gasteiger partial charge is 0.336 e. The molecule has 1 aliphatic heterocycles. The number of pyridine rings is 1. The van der Waals surface area contributed by atoms with E-state index in [4.69, 9.17) is 0 Å². The van der Waals surface area contributed by atoms with Gasteiger partial charge >= 0.3 is 0 Å². The van der Waals surface area contributed by atoms with Crippen LogP contribution in [0.4, 0.5) is 0 Å². The molecule has 1 aromatic rings. The molecule has 2 atom stereocenters. The summed E-state index contributed by atoms with van der Waals surface area (Å²) >= 11 is 0. The molecule has 2 unspecified atom stereocenters. The number of likely N-dealkylation sites (tertiary alicyclic amines) is 1. The molecule has 1 saturated heterocycles. The third-order valence-electron chi connectivity index (χ3n) is 3.42. The minimum absolute atomic E-state index is 0.0319. The number of aromatic amines is 1. The van der Waals surface area contributed by atoms with E-state index in [-0.39, 0.29) is 17.5 Å². The Kier molecular flexibility index (Phi) is 3.31. The van der Waals surface area contributed by atoms with E-state index >= 15 is 0 Å². The molecule has 92 valence electrons. The van der Waals surface area contributed by atoms with Crippen molar-refractivity contribution in [3.05, 3.63) is 34.2 Å². The molecule has 1 amide bonds. The highest BCUT2D eigenvalue weighted by atomic mass is 16.2. The Balaban J connectivity index is 2.18. The summed E-state index contributed by atoms with van der Waals surface area (Å²) in [6.07, 6.45) is 3.60. The first-order valence-electron chi connectivity index (χ1n) is 6.07. The summed E-state index contributed by atoms with van der Waals surface area (Å²) in [4.78, 5) is 27.8. The Morgan fingerprint density at radius 3 is 2.88 bits per heavy atom.